The van der Waals surface area contributed by atoms with E-state index in [-0.39, 0.29) is 0 Å². The summed E-state index contributed by atoms with van der Waals surface area (Å²) in [7, 11) is 0. The average molecular weight is 1210 g/mol. The molecule has 0 aliphatic rings. The van der Waals surface area contributed by atoms with Crippen LogP contribution in [0.15, 0.2) is 312 Å². The van der Waals surface area contributed by atoms with Crippen molar-refractivity contribution in [3.05, 3.63) is 314 Å². The van der Waals surface area contributed by atoms with Crippen LogP contribution in [0.25, 0.3) is 140 Å². The molecular formula is C86H56N2O2S2. The highest BCUT2D eigenvalue weighted by Gasteiger charge is 2.25. The van der Waals surface area contributed by atoms with E-state index in [1.807, 2.05) is 34.8 Å². The maximum Gasteiger partial charge on any atom is 0.143 e. The SMILES string of the molecule is Cc1cc(-c2ccc(N(c3ccc(-c4ccc5sc6ccccc6c5c4)cc3)c3ccccc3-c3cccc4c3oc3ccccc34)c(C)c2)ccc1N(c1ccc(-c2ccc3sc4ccccc4c3c2)cc1)c1ccccc1-c1cccc2c1oc1ccccc12. The van der Waals surface area contributed by atoms with Crippen LogP contribution in [-0.2, 0) is 0 Å². The fourth-order valence-corrected chi connectivity index (χ4v) is 16.3. The molecule has 0 fully saturated rings. The van der Waals surface area contributed by atoms with Crippen molar-refractivity contribution >= 4 is 141 Å². The number of thiophene rings is 2. The van der Waals surface area contributed by atoms with Gasteiger partial charge in [-0.25, -0.2) is 0 Å². The van der Waals surface area contributed by atoms with Gasteiger partial charge < -0.3 is 18.6 Å². The van der Waals surface area contributed by atoms with Gasteiger partial charge in [-0.3, -0.25) is 0 Å². The number of para-hydroxylation sites is 6. The van der Waals surface area contributed by atoms with E-state index in [4.69, 9.17) is 8.83 Å². The molecule has 0 bridgehead atoms. The van der Waals surface area contributed by atoms with E-state index in [0.29, 0.717) is 0 Å². The molecule has 4 aromatic heterocycles. The lowest BCUT2D eigenvalue weighted by Gasteiger charge is -2.30. The van der Waals surface area contributed by atoms with Gasteiger partial charge in [0.1, 0.15) is 22.3 Å². The van der Waals surface area contributed by atoms with E-state index < -0.39 is 0 Å². The fraction of sp³-hybridized carbons (Fsp3) is 0.0233. The average Bonchev–Trinajstić information content (AvgIpc) is 1.42. The van der Waals surface area contributed by atoms with Gasteiger partial charge in [0.05, 0.1) is 11.4 Å². The number of fused-ring (bicyclic) bond motifs is 12. The highest BCUT2D eigenvalue weighted by atomic mass is 32.1. The minimum absolute atomic E-state index is 0.877. The van der Waals surface area contributed by atoms with E-state index in [1.54, 1.807) is 0 Å². The Kier molecular flexibility index (Phi) is 12.7. The van der Waals surface area contributed by atoms with Gasteiger partial charge in [-0.05, 0) is 168 Å². The smallest absolute Gasteiger partial charge is 0.143 e. The monoisotopic (exact) mass is 1210 g/mol. The molecule has 434 valence electrons. The Morgan fingerprint density at radius 2 is 0.576 bits per heavy atom. The lowest BCUT2D eigenvalue weighted by Crippen LogP contribution is -2.13. The van der Waals surface area contributed by atoms with Crippen LogP contribution < -0.4 is 9.80 Å². The molecule has 0 saturated carbocycles. The van der Waals surface area contributed by atoms with E-state index in [9.17, 15) is 0 Å². The molecule has 18 aromatic rings. The van der Waals surface area contributed by atoms with Crippen molar-refractivity contribution in [2.75, 3.05) is 9.80 Å². The Morgan fingerprint density at radius 1 is 0.239 bits per heavy atom. The van der Waals surface area contributed by atoms with E-state index in [1.165, 1.54) is 62.6 Å². The first-order chi connectivity index (χ1) is 45.4. The molecule has 18 rings (SSSR count). The maximum absolute atomic E-state index is 6.74. The van der Waals surface area contributed by atoms with Crippen LogP contribution in [0.2, 0.25) is 0 Å². The predicted molar refractivity (Wildman–Crippen MR) is 393 cm³/mol. The van der Waals surface area contributed by atoms with E-state index >= 15 is 0 Å². The molecule has 4 heterocycles. The molecule has 92 heavy (non-hydrogen) atoms. The van der Waals surface area contributed by atoms with Crippen molar-refractivity contribution in [2.24, 2.45) is 0 Å². The third kappa shape index (κ3) is 8.93. The molecule has 0 aliphatic carbocycles. The molecule has 0 unspecified atom stereocenters. The quantitative estimate of drug-likeness (QED) is 0.129. The predicted octanol–water partition coefficient (Wildman–Crippen LogP) is 26.1. The second kappa shape index (κ2) is 21.7. The van der Waals surface area contributed by atoms with Gasteiger partial charge in [-0.1, -0.05) is 194 Å². The van der Waals surface area contributed by atoms with Gasteiger partial charge in [0, 0.05) is 107 Å². The van der Waals surface area contributed by atoms with Crippen molar-refractivity contribution in [1.29, 1.82) is 0 Å². The third-order valence-corrected chi connectivity index (χ3v) is 20.9. The summed E-state index contributed by atoms with van der Waals surface area (Å²) in [6.45, 7) is 4.49. The van der Waals surface area contributed by atoms with Gasteiger partial charge in [-0.2, -0.15) is 0 Å². The highest BCUT2D eigenvalue weighted by molar-refractivity contribution is 7.26. The zero-order chi connectivity index (χ0) is 61.0. The molecule has 4 nitrogen and oxygen atoms in total. The van der Waals surface area contributed by atoms with Crippen LogP contribution in [0.1, 0.15) is 11.1 Å². The lowest BCUT2D eigenvalue weighted by atomic mass is 9.96. The largest absolute Gasteiger partial charge is 0.455 e. The summed E-state index contributed by atoms with van der Waals surface area (Å²) in [6.07, 6.45) is 0. The van der Waals surface area contributed by atoms with Crippen LogP contribution >= 0.6 is 22.7 Å². The van der Waals surface area contributed by atoms with Crippen molar-refractivity contribution in [1.82, 2.24) is 0 Å². The van der Waals surface area contributed by atoms with Crippen LogP contribution in [0.4, 0.5) is 34.1 Å². The highest BCUT2D eigenvalue weighted by Crippen LogP contribution is 2.49. The molecule has 0 spiro atoms. The molecule has 0 saturated heterocycles. The number of nitrogens with zero attached hydrogens (tertiary/aromatic N) is 2. The Hall–Kier alpha value is -11.3. The number of rotatable bonds is 11. The molecule has 0 atom stereocenters. The fourth-order valence-electron chi connectivity index (χ4n) is 14.1. The molecule has 0 radical (unpaired) electrons. The first kappa shape index (κ1) is 53.7. The Labute approximate surface area is 540 Å². The lowest BCUT2D eigenvalue weighted by molar-refractivity contribution is 0.669. The number of furan rings is 2. The van der Waals surface area contributed by atoms with Gasteiger partial charge in [0.2, 0.25) is 0 Å². The second-order valence-electron chi connectivity index (χ2n) is 24.0. The summed E-state index contributed by atoms with van der Waals surface area (Å²) in [4.78, 5) is 4.86. The van der Waals surface area contributed by atoms with Gasteiger partial charge in [0.15, 0.2) is 0 Å². The zero-order valence-corrected chi connectivity index (χ0v) is 52.0. The van der Waals surface area contributed by atoms with Gasteiger partial charge >= 0.3 is 0 Å². The summed E-state index contributed by atoms with van der Waals surface area (Å²) in [5, 5.41) is 9.61. The van der Waals surface area contributed by atoms with Crippen LogP contribution in [0, 0.1) is 13.8 Å². The first-order valence-electron chi connectivity index (χ1n) is 31.3. The minimum Gasteiger partial charge on any atom is -0.455 e. The Morgan fingerprint density at radius 3 is 1.02 bits per heavy atom. The number of aryl methyl sites for hydroxylation is 2. The zero-order valence-electron chi connectivity index (χ0n) is 50.4. The molecule has 6 heteroatoms. The Bertz CT molecular complexity index is 5580. The van der Waals surface area contributed by atoms with Crippen molar-refractivity contribution in [3.63, 3.8) is 0 Å². The van der Waals surface area contributed by atoms with Crippen LogP contribution in [0.3, 0.4) is 0 Å². The molecule has 0 amide bonds. The normalized spacial score (nSPS) is 11.8. The number of anilines is 6. The van der Waals surface area contributed by atoms with E-state index in [2.05, 4.69) is 315 Å². The first-order valence-corrected chi connectivity index (χ1v) is 32.9. The summed E-state index contributed by atoms with van der Waals surface area (Å²) in [5.74, 6) is 0. The van der Waals surface area contributed by atoms with Crippen molar-refractivity contribution < 1.29 is 8.83 Å². The summed E-state index contributed by atoms with van der Waals surface area (Å²) in [5.41, 5.74) is 23.4. The molecule has 0 aliphatic heterocycles. The van der Waals surface area contributed by atoms with Gasteiger partial charge in [0.25, 0.3) is 0 Å². The number of benzene rings is 14. The van der Waals surface area contributed by atoms with Crippen molar-refractivity contribution in [3.8, 4) is 55.6 Å². The summed E-state index contributed by atoms with van der Waals surface area (Å²) in [6, 6.07) is 111. The standard InChI is InChI=1S/C86H56N2O2S2/c1-53-49-57(37-45-75(53)87(61-41-33-55(34-42-61)59-39-47-83-73(51-59)67-21-7-13-31-81(67)91-83)77-27-9-3-17-63(77)69-23-15-25-71-65-19-5-11-29-79(65)89-85(69)71)58-38-46-76(54(2)50-58)88(62-43-35-56(36-44-62)60-40-48-84-74(52-60)68-22-8-14-32-82(68)92-84)78-28-10-4-18-64(78)70-24-16-26-72-66-20-6-12-30-80(66)90-86(70)72/h3-52H,1-2H3. The Balaban J connectivity index is 0.747. The van der Waals surface area contributed by atoms with Crippen LogP contribution in [-0.4, -0.2) is 0 Å². The van der Waals surface area contributed by atoms with E-state index in [0.717, 1.165) is 123 Å². The summed E-state index contributed by atoms with van der Waals surface area (Å²) >= 11 is 3.70. The van der Waals surface area contributed by atoms with Crippen LogP contribution in [0.5, 0.6) is 0 Å². The number of hydrogen-bond donors (Lipinski definition) is 0. The second-order valence-corrected chi connectivity index (χ2v) is 26.1. The van der Waals surface area contributed by atoms with Crippen molar-refractivity contribution in [2.45, 2.75) is 13.8 Å². The van der Waals surface area contributed by atoms with Gasteiger partial charge in [-0.15, -0.1) is 22.7 Å². The molecule has 0 N–H and O–H groups in total. The minimum atomic E-state index is 0.877. The number of hydrogen-bond acceptors (Lipinski definition) is 6. The topological polar surface area (TPSA) is 32.8 Å². The maximum atomic E-state index is 6.74. The third-order valence-electron chi connectivity index (χ3n) is 18.6. The molecular weight excluding hydrogens is 1160 g/mol. The summed E-state index contributed by atoms with van der Waals surface area (Å²) < 4.78 is 18.7. The molecule has 14 aromatic carbocycles.